The lowest BCUT2D eigenvalue weighted by Crippen LogP contribution is -2.05. The van der Waals surface area contributed by atoms with Gasteiger partial charge in [-0.15, -0.1) is 11.3 Å². The van der Waals surface area contributed by atoms with Crippen LogP contribution in [-0.4, -0.2) is 5.78 Å². The highest BCUT2D eigenvalue weighted by Gasteiger charge is 2.14. The van der Waals surface area contributed by atoms with Gasteiger partial charge in [0.15, 0.2) is 5.78 Å². The van der Waals surface area contributed by atoms with Crippen molar-refractivity contribution in [1.29, 1.82) is 0 Å². The first-order chi connectivity index (χ1) is 8.47. The van der Waals surface area contributed by atoms with E-state index in [0.29, 0.717) is 6.42 Å². The van der Waals surface area contributed by atoms with Crippen molar-refractivity contribution < 1.29 is 4.79 Å². The topological polar surface area (TPSA) is 17.1 Å². The summed E-state index contributed by atoms with van der Waals surface area (Å²) in [6.07, 6.45) is 0.484. The van der Waals surface area contributed by atoms with Crippen molar-refractivity contribution in [3.05, 3.63) is 55.2 Å². The minimum Gasteiger partial charge on any atom is -0.294 e. The first-order valence-corrected chi connectivity index (χ1v) is 7.43. The molecule has 2 rings (SSSR count). The molecule has 1 heterocycles. The number of aryl methyl sites for hydroxylation is 3. The maximum Gasteiger partial charge on any atom is 0.168 e. The molecule has 0 aliphatic carbocycles. The summed E-state index contributed by atoms with van der Waals surface area (Å²) < 4.78 is 1.02. The molecule has 0 saturated heterocycles. The molecule has 0 aliphatic rings. The number of hydrogen-bond acceptors (Lipinski definition) is 2. The Morgan fingerprint density at radius 1 is 1.22 bits per heavy atom. The molecule has 0 fully saturated rings. The molecule has 1 aromatic heterocycles. The minimum absolute atomic E-state index is 0.197. The van der Waals surface area contributed by atoms with E-state index < -0.39 is 0 Å². The van der Waals surface area contributed by atoms with Crippen molar-refractivity contribution in [1.82, 2.24) is 0 Å². The van der Waals surface area contributed by atoms with Crippen LogP contribution in [0.5, 0.6) is 0 Å². The van der Waals surface area contributed by atoms with Crippen molar-refractivity contribution >= 4 is 33.0 Å². The summed E-state index contributed by atoms with van der Waals surface area (Å²) in [5.41, 5.74) is 4.35. The molecule has 94 valence electrons. The highest BCUT2D eigenvalue weighted by atomic mass is 79.9. The van der Waals surface area contributed by atoms with Crippen LogP contribution in [0.15, 0.2) is 28.1 Å². The molecular formula is C15H15BrOS. The van der Waals surface area contributed by atoms with Crippen LogP contribution in [0.3, 0.4) is 0 Å². The molecule has 0 atom stereocenters. The van der Waals surface area contributed by atoms with Crippen LogP contribution in [0, 0.1) is 20.8 Å². The van der Waals surface area contributed by atoms with E-state index in [4.69, 9.17) is 0 Å². The van der Waals surface area contributed by atoms with Gasteiger partial charge in [0.25, 0.3) is 0 Å². The molecule has 0 aliphatic heterocycles. The van der Waals surface area contributed by atoms with Crippen LogP contribution < -0.4 is 0 Å². The zero-order chi connectivity index (χ0) is 13.3. The lowest BCUT2D eigenvalue weighted by atomic mass is 9.98. The van der Waals surface area contributed by atoms with Gasteiger partial charge in [-0.3, -0.25) is 4.79 Å². The number of Topliss-reactive ketones (excluding diaryl/α,β-unsaturated/α-hetero) is 1. The minimum atomic E-state index is 0.197. The Morgan fingerprint density at radius 3 is 2.56 bits per heavy atom. The van der Waals surface area contributed by atoms with Crippen LogP contribution >= 0.6 is 27.3 Å². The molecule has 18 heavy (non-hydrogen) atoms. The Morgan fingerprint density at radius 2 is 1.94 bits per heavy atom. The van der Waals surface area contributed by atoms with Gasteiger partial charge >= 0.3 is 0 Å². The number of carbonyl (C=O) groups excluding carboxylic acids is 1. The predicted octanol–water partition coefficient (Wildman–Crippen LogP) is 4.86. The van der Waals surface area contributed by atoms with Gasteiger partial charge in [0.1, 0.15) is 0 Å². The smallest absolute Gasteiger partial charge is 0.168 e. The normalized spacial score (nSPS) is 10.7. The molecule has 3 heteroatoms. The second-order valence-electron chi connectivity index (χ2n) is 4.55. The lowest BCUT2D eigenvalue weighted by Gasteiger charge is -2.06. The van der Waals surface area contributed by atoms with E-state index in [-0.39, 0.29) is 5.78 Å². The van der Waals surface area contributed by atoms with Gasteiger partial charge in [-0.05, 0) is 53.9 Å². The van der Waals surface area contributed by atoms with Crippen molar-refractivity contribution in [2.75, 3.05) is 0 Å². The number of carbonyl (C=O) groups is 1. The number of halogens is 1. The van der Waals surface area contributed by atoms with Crippen LogP contribution in [0.25, 0.3) is 0 Å². The van der Waals surface area contributed by atoms with E-state index in [1.807, 2.05) is 13.0 Å². The summed E-state index contributed by atoms with van der Waals surface area (Å²) in [5, 5.41) is 0. The van der Waals surface area contributed by atoms with E-state index in [0.717, 1.165) is 19.8 Å². The SMILES string of the molecule is Cc1ccc(C)c(CC(=O)c2cc(Br)sc2C)c1. The highest BCUT2D eigenvalue weighted by Crippen LogP contribution is 2.27. The second-order valence-corrected chi connectivity index (χ2v) is 7.19. The van der Waals surface area contributed by atoms with Crippen LogP contribution in [-0.2, 0) is 6.42 Å². The third-order valence-corrected chi connectivity index (χ3v) is 4.60. The maximum atomic E-state index is 12.3. The fraction of sp³-hybridized carbons (Fsp3) is 0.267. The summed E-state index contributed by atoms with van der Waals surface area (Å²) in [4.78, 5) is 13.4. The fourth-order valence-corrected chi connectivity index (χ4v) is 3.69. The van der Waals surface area contributed by atoms with Crippen molar-refractivity contribution in [3.63, 3.8) is 0 Å². The molecular weight excluding hydrogens is 308 g/mol. The third kappa shape index (κ3) is 2.90. The Hall–Kier alpha value is -0.930. The van der Waals surface area contributed by atoms with Crippen LogP contribution in [0.4, 0.5) is 0 Å². The van der Waals surface area contributed by atoms with E-state index >= 15 is 0 Å². The first-order valence-electron chi connectivity index (χ1n) is 5.82. The van der Waals surface area contributed by atoms with Crippen molar-refractivity contribution in [2.45, 2.75) is 27.2 Å². The maximum absolute atomic E-state index is 12.3. The van der Waals surface area contributed by atoms with Gasteiger partial charge < -0.3 is 0 Å². The molecule has 0 radical (unpaired) electrons. The quantitative estimate of drug-likeness (QED) is 0.737. The molecule has 0 N–H and O–H groups in total. The first kappa shape index (κ1) is 13.5. The highest BCUT2D eigenvalue weighted by molar-refractivity contribution is 9.11. The summed E-state index contributed by atoms with van der Waals surface area (Å²) >= 11 is 5.04. The summed E-state index contributed by atoms with van der Waals surface area (Å²) in [5.74, 6) is 0.197. The molecule has 1 nitrogen and oxygen atoms in total. The number of rotatable bonds is 3. The van der Waals surface area contributed by atoms with E-state index in [9.17, 15) is 4.79 Å². The van der Waals surface area contributed by atoms with Gasteiger partial charge in [-0.2, -0.15) is 0 Å². The van der Waals surface area contributed by atoms with E-state index in [2.05, 4.69) is 48.0 Å². The van der Waals surface area contributed by atoms with E-state index in [1.54, 1.807) is 11.3 Å². The van der Waals surface area contributed by atoms with Crippen LogP contribution in [0.2, 0.25) is 0 Å². The van der Waals surface area contributed by atoms with Crippen molar-refractivity contribution in [3.8, 4) is 0 Å². The molecule has 0 unspecified atom stereocenters. The standard InChI is InChI=1S/C15H15BrOS/c1-9-4-5-10(2)12(6-9)7-14(17)13-8-15(16)18-11(13)3/h4-6,8H,7H2,1-3H3. The van der Waals surface area contributed by atoms with E-state index in [1.165, 1.54) is 11.1 Å². The molecule has 2 aromatic rings. The third-order valence-electron chi connectivity index (χ3n) is 3.04. The Bertz CT molecular complexity index is 599. The average Bonchev–Trinajstić information content (AvgIpc) is 2.63. The largest absolute Gasteiger partial charge is 0.294 e. The zero-order valence-corrected chi connectivity index (χ0v) is 13.1. The zero-order valence-electron chi connectivity index (χ0n) is 10.7. The lowest BCUT2D eigenvalue weighted by molar-refractivity contribution is 0.0992. The summed E-state index contributed by atoms with van der Waals surface area (Å²) in [6.45, 7) is 6.10. The second kappa shape index (κ2) is 5.37. The van der Waals surface area contributed by atoms with Gasteiger partial charge in [-0.25, -0.2) is 0 Å². The Kier molecular flexibility index (Phi) is 4.03. The molecule has 0 amide bonds. The number of hydrogen-bond donors (Lipinski definition) is 0. The number of ketones is 1. The molecule has 0 bridgehead atoms. The summed E-state index contributed by atoms with van der Waals surface area (Å²) in [7, 11) is 0. The monoisotopic (exact) mass is 322 g/mol. The Balaban J connectivity index is 2.26. The molecule has 0 spiro atoms. The van der Waals surface area contributed by atoms with Crippen molar-refractivity contribution in [2.24, 2.45) is 0 Å². The predicted molar refractivity (Wildman–Crippen MR) is 80.7 cm³/mol. The summed E-state index contributed by atoms with van der Waals surface area (Å²) in [6, 6.07) is 8.18. The van der Waals surface area contributed by atoms with Gasteiger partial charge in [0, 0.05) is 16.9 Å². The average molecular weight is 323 g/mol. The number of thiophene rings is 1. The van der Waals surface area contributed by atoms with Gasteiger partial charge in [0.2, 0.25) is 0 Å². The fourth-order valence-electron chi connectivity index (χ4n) is 1.98. The van der Waals surface area contributed by atoms with Gasteiger partial charge in [-0.1, -0.05) is 23.8 Å². The van der Waals surface area contributed by atoms with Gasteiger partial charge in [0.05, 0.1) is 3.79 Å². The number of benzene rings is 1. The molecule has 0 saturated carbocycles. The van der Waals surface area contributed by atoms with Crippen LogP contribution in [0.1, 0.15) is 31.9 Å². The molecule has 1 aromatic carbocycles. The Labute approximate surface area is 120 Å².